The Morgan fingerprint density at radius 3 is 2.70 bits per heavy atom. The number of carbonyl (C=O) groups is 2. The van der Waals surface area contributed by atoms with Gasteiger partial charge in [0.05, 0.1) is 25.9 Å². The number of nitrogens with zero attached hydrogens (tertiary/aromatic N) is 1. The second-order valence-electron chi connectivity index (χ2n) is 7.25. The van der Waals surface area contributed by atoms with Crippen molar-refractivity contribution in [2.45, 2.75) is 64.2 Å². The lowest BCUT2D eigenvalue weighted by molar-refractivity contribution is -0.132. The van der Waals surface area contributed by atoms with Crippen LogP contribution >= 0.6 is 11.6 Å². The average molecular weight is 397 g/mol. The molecule has 1 heterocycles. The number of amides is 3. The summed E-state index contributed by atoms with van der Waals surface area (Å²) in [5.41, 5.74) is -0.0656. The zero-order chi connectivity index (χ0) is 19.9. The van der Waals surface area contributed by atoms with Crippen LogP contribution in [-0.4, -0.2) is 46.7 Å². The van der Waals surface area contributed by atoms with Gasteiger partial charge in [0.1, 0.15) is 5.54 Å². The Balaban J connectivity index is 1.80. The molecule has 0 spiro atoms. The number of benzene rings is 1. The van der Waals surface area contributed by atoms with E-state index in [2.05, 4.69) is 12.2 Å². The van der Waals surface area contributed by atoms with Gasteiger partial charge in [-0.2, -0.15) is 0 Å². The molecule has 150 valence electrons. The van der Waals surface area contributed by atoms with Crippen LogP contribution in [0.5, 0.6) is 0 Å². The number of rotatable bonds is 11. The van der Waals surface area contributed by atoms with E-state index in [0.717, 1.165) is 36.1 Å². The highest BCUT2D eigenvalue weighted by molar-refractivity contribution is 6.31. The van der Waals surface area contributed by atoms with Gasteiger partial charge in [0.25, 0.3) is 5.91 Å². The molecule has 2 atom stereocenters. The number of imide groups is 1. The first-order valence-electron chi connectivity index (χ1n) is 9.50. The fourth-order valence-corrected chi connectivity index (χ4v) is 3.36. The van der Waals surface area contributed by atoms with Crippen LogP contribution in [0.25, 0.3) is 0 Å². The Morgan fingerprint density at radius 2 is 2.00 bits per heavy atom. The molecule has 7 heteroatoms. The number of unbranched alkanes of at least 4 members (excludes halogenated alkanes) is 3. The zero-order valence-corrected chi connectivity index (χ0v) is 16.8. The fraction of sp³-hybridized carbons (Fsp3) is 0.600. The highest BCUT2D eigenvalue weighted by Gasteiger charge is 2.47. The third-order valence-electron chi connectivity index (χ3n) is 4.79. The number of carbonyl (C=O) groups excluding carboxylic acids is 2. The highest BCUT2D eigenvalue weighted by Crippen LogP contribution is 2.24. The van der Waals surface area contributed by atoms with Gasteiger partial charge in [0.2, 0.25) is 0 Å². The molecule has 0 saturated carbocycles. The largest absolute Gasteiger partial charge is 0.389 e. The van der Waals surface area contributed by atoms with Crippen molar-refractivity contribution in [2.75, 3.05) is 13.2 Å². The number of ether oxygens (including phenoxy) is 1. The summed E-state index contributed by atoms with van der Waals surface area (Å²) in [7, 11) is 0. The van der Waals surface area contributed by atoms with Gasteiger partial charge in [-0.3, -0.25) is 9.69 Å². The lowest BCUT2D eigenvalue weighted by Gasteiger charge is -2.22. The first kappa shape index (κ1) is 21.7. The fourth-order valence-electron chi connectivity index (χ4n) is 3.17. The van der Waals surface area contributed by atoms with Gasteiger partial charge in [-0.1, -0.05) is 62.4 Å². The average Bonchev–Trinajstić information content (AvgIpc) is 2.84. The Kier molecular flexibility index (Phi) is 8.07. The van der Waals surface area contributed by atoms with Crippen LogP contribution < -0.4 is 5.32 Å². The van der Waals surface area contributed by atoms with Crippen molar-refractivity contribution in [3.05, 3.63) is 34.9 Å². The summed E-state index contributed by atoms with van der Waals surface area (Å²) in [6.45, 7) is 4.06. The normalized spacial score (nSPS) is 20.8. The molecule has 0 aliphatic carbocycles. The van der Waals surface area contributed by atoms with Crippen molar-refractivity contribution < 1.29 is 19.4 Å². The number of halogens is 1. The minimum Gasteiger partial charge on any atom is -0.389 e. The van der Waals surface area contributed by atoms with Gasteiger partial charge in [-0.15, -0.1) is 0 Å². The maximum atomic E-state index is 12.7. The molecule has 1 aromatic carbocycles. The first-order valence-corrected chi connectivity index (χ1v) is 9.88. The molecule has 0 radical (unpaired) electrons. The summed E-state index contributed by atoms with van der Waals surface area (Å²) < 4.78 is 5.48. The Labute approximate surface area is 165 Å². The third kappa shape index (κ3) is 5.92. The molecule has 3 amide bonds. The summed E-state index contributed by atoms with van der Waals surface area (Å²) in [6, 6.07) is 6.84. The molecule has 0 bridgehead atoms. The highest BCUT2D eigenvalue weighted by atomic mass is 35.5. The summed E-state index contributed by atoms with van der Waals surface area (Å²) in [5, 5.41) is 13.5. The number of β-amino-alcohol motifs (C(OH)–C–C–N with tert-alkyl or cyclic N) is 1. The number of aliphatic hydroxyl groups is 1. The minimum absolute atomic E-state index is 0.00942. The molecule has 1 aromatic rings. The smallest absolute Gasteiger partial charge is 0.325 e. The monoisotopic (exact) mass is 396 g/mol. The van der Waals surface area contributed by atoms with Crippen LogP contribution in [0.1, 0.15) is 51.5 Å². The van der Waals surface area contributed by atoms with E-state index in [1.807, 2.05) is 18.2 Å². The van der Waals surface area contributed by atoms with E-state index in [1.165, 1.54) is 0 Å². The van der Waals surface area contributed by atoms with Crippen LogP contribution in [0.4, 0.5) is 4.79 Å². The van der Waals surface area contributed by atoms with Gasteiger partial charge in [0, 0.05) is 5.02 Å². The van der Waals surface area contributed by atoms with Crippen molar-refractivity contribution in [3.63, 3.8) is 0 Å². The van der Waals surface area contributed by atoms with Crippen molar-refractivity contribution in [1.29, 1.82) is 0 Å². The minimum atomic E-state index is -0.954. The van der Waals surface area contributed by atoms with E-state index >= 15 is 0 Å². The number of aliphatic hydroxyl groups excluding tert-OH is 1. The second kappa shape index (κ2) is 10.1. The Hall–Kier alpha value is -1.63. The van der Waals surface area contributed by atoms with E-state index < -0.39 is 17.7 Å². The summed E-state index contributed by atoms with van der Waals surface area (Å²) in [6.07, 6.45) is 3.80. The zero-order valence-electron chi connectivity index (χ0n) is 16.0. The maximum Gasteiger partial charge on any atom is 0.325 e. The predicted molar refractivity (Wildman–Crippen MR) is 105 cm³/mol. The molecule has 0 aromatic heterocycles. The van der Waals surface area contributed by atoms with Gasteiger partial charge < -0.3 is 15.2 Å². The third-order valence-corrected chi connectivity index (χ3v) is 5.16. The summed E-state index contributed by atoms with van der Waals surface area (Å²) in [4.78, 5) is 25.9. The quantitative estimate of drug-likeness (QED) is 0.443. The number of hydrogen-bond acceptors (Lipinski definition) is 4. The number of nitrogens with one attached hydrogen (secondary N) is 1. The molecule has 1 saturated heterocycles. The van der Waals surface area contributed by atoms with Crippen molar-refractivity contribution in [2.24, 2.45) is 0 Å². The van der Waals surface area contributed by atoms with E-state index in [1.54, 1.807) is 13.0 Å². The number of urea groups is 1. The SMILES string of the molecule is CCCCCCC1(C)NC(=O)N(CC(O)COCc2ccccc2Cl)C1=O. The summed E-state index contributed by atoms with van der Waals surface area (Å²) in [5.74, 6) is -0.283. The predicted octanol–water partition coefficient (Wildman–Crippen LogP) is 3.50. The van der Waals surface area contributed by atoms with E-state index in [9.17, 15) is 14.7 Å². The Morgan fingerprint density at radius 1 is 1.26 bits per heavy atom. The van der Waals surface area contributed by atoms with Crippen molar-refractivity contribution in [1.82, 2.24) is 10.2 Å². The molecule has 2 unspecified atom stereocenters. The van der Waals surface area contributed by atoms with Crippen LogP contribution in [0.3, 0.4) is 0 Å². The molecule has 27 heavy (non-hydrogen) atoms. The molecule has 2 rings (SSSR count). The van der Waals surface area contributed by atoms with E-state index in [4.69, 9.17) is 16.3 Å². The van der Waals surface area contributed by atoms with Crippen LogP contribution in [0.15, 0.2) is 24.3 Å². The molecule has 2 N–H and O–H groups in total. The standard InChI is InChI=1S/C20H29ClN2O4/c1-3-4-5-8-11-20(2)18(25)23(19(26)22-20)12-16(24)14-27-13-15-9-6-7-10-17(15)21/h6-7,9-10,16,24H,3-5,8,11-14H2,1-2H3,(H,22,26). The molecular weight excluding hydrogens is 368 g/mol. The van der Waals surface area contributed by atoms with E-state index in [-0.39, 0.29) is 25.7 Å². The Bertz CT molecular complexity index is 655. The topological polar surface area (TPSA) is 78.9 Å². The second-order valence-corrected chi connectivity index (χ2v) is 7.66. The molecule has 6 nitrogen and oxygen atoms in total. The molecule has 1 aliphatic rings. The van der Waals surface area contributed by atoms with Gasteiger partial charge in [-0.05, 0) is 25.0 Å². The van der Waals surface area contributed by atoms with Gasteiger partial charge in [0.15, 0.2) is 0 Å². The first-order chi connectivity index (χ1) is 12.9. The maximum absolute atomic E-state index is 12.7. The van der Waals surface area contributed by atoms with Crippen LogP contribution in [0.2, 0.25) is 5.02 Å². The molecule has 1 fully saturated rings. The summed E-state index contributed by atoms with van der Waals surface area (Å²) >= 11 is 6.06. The lowest BCUT2D eigenvalue weighted by Crippen LogP contribution is -2.44. The van der Waals surface area contributed by atoms with Gasteiger partial charge in [-0.25, -0.2) is 4.79 Å². The molecule has 1 aliphatic heterocycles. The number of hydrogen-bond donors (Lipinski definition) is 2. The van der Waals surface area contributed by atoms with Gasteiger partial charge >= 0.3 is 6.03 Å². The molecular formula is C20H29ClN2O4. The van der Waals surface area contributed by atoms with Crippen LogP contribution in [0, 0.1) is 0 Å². The van der Waals surface area contributed by atoms with Crippen LogP contribution in [-0.2, 0) is 16.1 Å². The van der Waals surface area contributed by atoms with E-state index in [0.29, 0.717) is 11.4 Å². The van der Waals surface area contributed by atoms with Crippen molar-refractivity contribution in [3.8, 4) is 0 Å². The van der Waals surface area contributed by atoms with Crippen molar-refractivity contribution >= 4 is 23.5 Å². The lowest BCUT2D eigenvalue weighted by atomic mass is 9.94.